The van der Waals surface area contributed by atoms with E-state index in [0.29, 0.717) is 12.5 Å². The van der Waals surface area contributed by atoms with Gasteiger partial charge in [-0.2, -0.15) is 0 Å². The molecular weight excluding hydrogens is 286 g/mol. The third-order valence-corrected chi connectivity index (χ3v) is 4.71. The summed E-state index contributed by atoms with van der Waals surface area (Å²) < 4.78 is 1.75. The van der Waals surface area contributed by atoms with Crippen LogP contribution in [0.3, 0.4) is 0 Å². The first-order valence-electron chi connectivity index (χ1n) is 7.92. The second-order valence-corrected chi connectivity index (χ2v) is 6.27. The van der Waals surface area contributed by atoms with Crippen molar-refractivity contribution in [3.8, 4) is 0 Å². The van der Waals surface area contributed by atoms with Gasteiger partial charge in [-0.15, -0.1) is 0 Å². The fourth-order valence-corrected chi connectivity index (χ4v) is 3.37. The molecule has 0 bridgehead atoms. The SMILES string of the molecule is Cn1c(=O)c(CN2CC(c3cccnc3)C2)cc2ccccc21. The van der Waals surface area contributed by atoms with Crippen LogP contribution >= 0.6 is 0 Å². The second-order valence-electron chi connectivity index (χ2n) is 6.27. The van der Waals surface area contributed by atoms with Crippen LogP contribution in [-0.4, -0.2) is 27.5 Å². The first-order chi connectivity index (χ1) is 11.2. The van der Waals surface area contributed by atoms with Crippen molar-refractivity contribution in [1.29, 1.82) is 0 Å². The first kappa shape index (κ1) is 14.2. The van der Waals surface area contributed by atoms with E-state index >= 15 is 0 Å². The molecule has 0 unspecified atom stereocenters. The lowest BCUT2D eigenvalue weighted by atomic mass is 9.92. The Morgan fingerprint density at radius 3 is 2.78 bits per heavy atom. The molecule has 0 spiro atoms. The number of rotatable bonds is 3. The van der Waals surface area contributed by atoms with Gasteiger partial charge < -0.3 is 4.57 Å². The normalized spacial score (nSPS) is 15.7. The van der Waals surface area contributed by atoms with Crippen molar-refractivity contribution in [3.05, 3.63) is 76.3 Å². The van der Waals surface area contributed by atoms with Crippen molar-refractivity contribution >= 4 is 10.9 Å². The highest BCUT2D eigenvalue weighted by molar-refractivity contribution is 5.79. The lowest BCUT2D eigenvalue weighted by Gasteiger charge is -2.39. The number of para-hydroxylation sites is 1. The highest BCUT2D eigenvalue weighted by Gasteiger charge is 2.28. The van der Waals surface area contributed by atoms with Crippen LogP contribution in [0.4, 0.5) is 0 Å². The van der Waals surface area contributed by atoms with Crippen LogP contribution < -0.4 is 5.56 Å². The molecule has 4 heteroatoms. The molecule has 0 saturated carbocycles. The largest absolute Gasteiger partial charge is 0.311 e. The van der Waals surface area contributed by atoms with E-state index in [4.69, 9.17) is 0 Å². The number of aryl methyl sites for hydroxylation is 1. The smallest absolute Gasteiger partial charge is 0.255 e. The molecule has 0 atom stereocenters. The minimum Gasteiger partial charge on any atom is -0.311 e. The van der Waals surface area contributed by atoms with Crippen molar-refractivity contribution in [2.75, 3.05) is 13.1 Å². The summed E-state index contributed by atoms with van der Waals surface area (Å²) in [5.74, 6) is 0.535. The molecule has 1 saturated heterocycles. The summed E-state index contributed by atoms with van der Waals surface area (Å²) in [7, 11) is 1.85. The zero-order valence-electron chi connectivity index (χ0n) is 13.1. The van der Waals surface area contributed by atoms with E-state index < -0.39 is 0 Å². The minimum atomic E-state index is 0.105. The van der Waals surface area contributed by atoms with E-state index in [-0.39, 0.29) is 5.56 Å². The Bertz CT molecular complexity index is 895. The lowest BCUT2D eigenvalue weighted by Crippen LogP contribution is -2.45. The monoisotopic (exact) mass is 305 g/mol. The van der Waals surface area contributed by atoms with Crippen molar-refractivity contribution in [2.45, 2.75) is 12.5 Å². The van der Waals surface area contributed by atoms with Crippen molar-refractivity contribution in [1.82, 2.24) is 14.5 Å². The standard InChI is InChI=1S/C19H19N3O/c1-21-18-7-3-2-5-14(18)9-16(19(21)23)11-22-12-17(13-22)15-6-4-8-20-10-15/h2-10,17H,11-13H2,1H3. The molecule has 1 fully saturated rings. The van der Waals surface area contributed by atoms with Crippen LogP contribution in [0.5, 0.6) is 0 Å². The van der Waals surface area contributed by atoms with Crippen molar-refractivity contribution in [2.24, 2.45) is 7.05 Å². The number of hydrogen-bond acceptors (Lipinski definition) is 3. The van der Waals surface area contributed by atoms with Crippen LogP contribution in [0.1, 0.15) is 17.0 Å². The average Bonchev–Trinajstić information content (AvgIpc) is 2.55. The summed E-state index contributed by atoms with van der Waals surface area (Å²) in [5.41, 5.74) is 3.25. The Morgan fingerprint density at radius 1 is 1.17 bits per heavy atom. The van der Waals surface area contributed by atoms with Crippen LogP contribution in [-0.2, 0) is 13.6 Å². The van der Waals surface area contributed by atoms with E-state index in [1.54, 1.807) is 10.8 Å². The number of aromatic nitrogens is 2. The van der Waals surface area contributed by atoms with Crippen LogP contribution in [0.2, 0.25) is 0 Å². The summed E-state index contributed by atoms with van der Waals surface area (Å²) in [6, 6.07) is 14.2. The van der Waals surface area contributed by atoms with Gasteiger partial charge in [-0.25, -0.2) is 0 Å². The topological polar surface area (TPSA) is 38.1 Å². The molecule has 4 rings (SSSR count). The van der Waals surface area contributed by atoms with E-state index in [2.05, 4.69) is 22.0 Å². The highest BCUT2D eigenvalue weighted by Crippen LogP contribution is 2.27. The Balaban J connectivity index is 1.54. The van der Waals surface area contributed by atoms with E-state index in [0.717, 1.165) is 29.6 Å². The van der Waals surface area contributed by atoms with Crippen LogP contribution in [0.25, 0.3) is 10.9 Å². The van der Waals surface area contributed by atoms with E-state index in [9.17, 15) is 4.79 Å². The molecule has 1 aliphatic rings. The summed E-state index contributed by atoms with van der Waals surface area (Å²) in [4.78, 5) is 19.0. The molecular formula is C19H19N3O. The molecule has 23 heavy (non-hydrogen) atoms. The quantitative estimate of drug-likeness (QED) is 0.746. The predicted molar refractivity (Wildman–Crippen MR) is 91.4 cm³/mol. The van der Waals surface area contributed by atoms with Gasteiger partial charge in [0.15, 0.2) is 0 Å². The molecule has 0 aliphatic carbocycles. The number of hydrogen-bond donors (Lipinski definition) is 0. The maximum Gasteiger partial charge on any atom is 0.255 e. The van der Waals surface area contributed by atoms with Crippen LogP contribution in [0.15, 0.2) is 59.7 Å². The third kappa shape index (κ3) is 2.55. The molecule has 3 heterocycles. The maximum absolute atomic E-state index is 12.5. The summed E-state index contributed by atoms with van der Waals surface area (Å²) in [6.45, 7) is 2.69. The molecule has 3 aromatic rings. The van der Waals surface area contributed by atoms with Gasteiger partial charge in [-0.05, 0) is 29.1 Å². The average molecular weight is 305 g/mol. The number of likely N-dealkylation sites (tertiary alicyclic amines) is 1. The van der Waals surface area contributed by atoms with Gasteiger partial charge in [0, 0.05) is 50.6 Å². The first-order valence-corrected chi connectivity index (χ1v) is 7.92. The molecule has 116 valence electrons. The third-order valence-electron chi connectivity index (χ3n) is 4.71. The van der Waals surface area contributed by atoms with E-state index in [1.807, 2.05) is 43.6 Å². The zero-order chi connectivity index (χ0) is 15.8. The number of fused-ring (bicyclic) bond motifs is 1. The molecule has 0 N–H and O–H groups in total. The highest BCUT2D eigenvalue weighted by atomic mass is 16.1. The summed E-state index contributed by atoms with van der Waals surface area (Å²) in [5, 5.41) is 1.12. The number of nitrogens with zero attached hydrogens (tertiary/aromatic N) is 3. The Hall–Kier alpha value is -2.46. The predicted octanol–water partition coefficient (Wildman–Crippen LogP) is 2.53. The van der Waals surface area contributed by atoms with Crippen molar-refractivity contribution < 1.29 is 0 Å². The molecule has 0 amide bonds. The molecule has 2 aromatic heterocycles. The van der Waals surface area contributed by atoms with Crippen LogP contribution in [0, 0.1) is 0 Å². The minimum absolute atomic E-state index is 0.105. The van der Waals surface area contributed by atoms with Gasteiger partial charge in [0.1, 0.15) is 0 Å². The molecule has 1 aliphatic heterocycles. The maximum atomic E-state index is 12.5. The van der Waals surface area contributed by atoms with Crippen molar-refractivity contribution in [3.63, 3.8) is 0 Å². The Labute approximate surface area is 135 Å². The van der Waals surface area contributed by atoms with Gasteiger partial charge in [-0.3, -0.25) is 14.7 Å². The van der Waals surface area contributed by atoms with Gasteiger partial charge >= 0.3 is 0 Å². The number of benzene rings is 1. The number of pyridine rings is 2. The Kier molecular flexibility index (Phi) is 3.46. The van der Waals surface area contributed by atoms with E-state index in [1.165, 1.54) is 5.56 Å². The summed E-state index contributed by atoms with van der Waals surface area (Å²) in [6.07, 6.45) is 3.75. The Morgan fingerprint density at radius 2 is 2.00 bits per heavy atom. The zero-order valence-corrected chi connectivity index (χ0v) is 13.1. The second kappa shape index (κ2) is 5.63. The lowest BCUT2D eigenvalue weighted by molar-refractivity contribution is 0.139. The van der Waals surface area contributed by atoms with Gasteiger partial charge in [0.25, 0.3) is 5.56 Å². The molecule has 4 nitrogen and oxygen atoms in total. The fraction of sp³-hybridized carbons (Fsp3) is 0.263. The molecule has 0 radical (unpaired) electrons. The summed E-state index contributed by atoms with van der Waals surface area (Å²) >= 11 is 0. The van der Waals surface area contributed by atoms with Gasteiger partial charge in [0.2, 0.25) is 0 Å². The fourth-order valence-electron chi connectivity index (χ4n) is 3.37. The molecule has 1 aromatic carbocycles. The van der Waals surface area contributed by atoms with Gasteiger partial charge in [0.05, 0.1) is 5.52 Å². The van der Waals surface area contributed by atoms with Gasteiger partial charge in [-0.1, -0.05) is 24.3 Å².